The second-order valence-corrected chi connectivity index (χ2v) is 6.15. The van der Waals surface area contributed by atoms with Gasteiger partial charge < -0.3 is 0 Å². The molecule has 0 bridgehead atoms. The van der Waals surface area contributed by atoms with Crippen molar-refractivity contribution in [2.45, 2.75) is 6.54 Å². The van der Waals surface area contributed by atoms with Crippen molar-refractivity contribution in [2.24, 2.45) is 7.05 Å². The third-order valence-electron chi connectivity index (χ3n) is 3.25. The van der Waals surface area contributed by atoms with Crippen LogP contribution in [0.5, 0.6) is 0 Å². The van der Waals surface area contributed by atoms with Crippen molar-refractivity contribution < 1.29 is 9.18 Å². The molecule has 1 N–H and O–H groups in total. The van der Waals surface area contributed by atoms with Crippen molar-refractivity contribution in [2.75, 3.05) is 5.32 Å². The SMILES string of the molecule is Cn1ncc(Br)c1C(=O)Nc1ncn(Cc2c(F)cccc2Cl)n1. The number of anilines is 1. The number of aromatic nitrogens is 5. The first kappa shape index (κ1) is 16.6. The van der Waals surface area contributed by atoms with Crippen LogP contribution in [-0.2, 0) is 13.6 Å². The maximum atomic E-state index is 13.8. The van der Waals surface area contributed by atoms with Crippen molar-refractivity contribution in [3.63, 3.8) is 0 Å². The van der Waals surface area contributed by atoms with E-state index in [4.69, 9.17) is 11.6 Å². The van der Waals surface area contributed by atoms with Crippen molar-refractivity contribution in [3.05, 3.63) is 57.3 Å². The van der Waals surface area contributed by atoms with Gasteiger partial charge in [-0.3, -0.25) is 14.8 Å². The molecule has 0 spiro atoms. The summed E-state index contributed by atoms with van der Waals surface area (Å²) in [6, 6.07) is 4.44. The second-order valence-electron chi connectivity index (χ2n) is 4.88. The third-order valence-corrected chi connectivity index (χ3v) is 4.19. The molecule has 124 valence electrons. The van der Waals surface area contributed by atoms with E-state index in [1.807, 2.05) is 0 Å². The Morgan fingerprint density at radius 1 is 1.46 bits per heavy atom. The summed E-state index contributed by atoms with van der Waals surface area (Å²) in [6.45, 7) is 0.101. The minimum Gasteiger partial charge on any atom is -0.288 e. The van der Waals surface area contributed by atoms with Gasteiger partial charge in [0, 0.05) is 17.6 Å². The fraction of sp³-hybridized carbons (Fsp3) is 0.143. The molecule has 2 aromatic heterocycles. The Kier molecular flexibility index (Phi) is 4.63. The average Bonchev–Trinajstić information content (AvgIpc) is 3.10. The Bertz CT molecular complexity index is 869. The van der Waals surface area contributed by atoms with Gasteiger partial charge in [-0.25, -0.2) is 14.1 Å². The highest BCUT2D eigenvalue weighted by atomic mass is 79.9. The Hall–Kier alpha value is -2.26. The molecule has 0 fully saturated rings. The van der Waals surface area contributed by atoms with Crippen LogP contribution in [-0.4, -0.2) is 30.5 Å². The summed E-state index contributed by atoms with van der Waals surface area (Å²) in [7, 11) is 1.64. The van der Waals surface area contributed by atoms with E-state index in [0.29, 0.717) is 20.8 Å². The summed E-state index contributed by atoms with van der Waals surface area (Å²) >= 11 is 9.24. The topological polar surface area (TPSA) is 77.6 Å². The number of carbonyl (C=O) groups excluding carboxylic acids is 1. The smallest absolute Gasteiger partial charge is 0.277 e. The summed E-state index contributed by atoms with van der Waals surface area (Å²) in [4.78, 5) is 16.2. The van der Waals surface area contributed by atoms with Crippen molar-refractivity contribution in [1.29, 1.82) is 0 Å². The van der Waals surface area contributed by atoms with E-state index in [1.54, 1.807) is 13.1 Å². The number of halogens is 3. The van der Waals surface area contributed by atoms with E-state index in [1.165, 1.54) is 34.0 Å². The van der Waals surface area contributed by atoms with Crippen LogP contribution in [0.1, 0.15) is 16.1 Å². The number of aryl methyl sites for hydroxylation is 1. The Labute approximate surface area is 149 Å². The van der Waals surface area contributed by atoms with Crippen LogP contribution >= 0.6 is 27.5 Å². The van der Waals surface area contributed by atoms with Crippen LogP contribution in [0.25, 0.3) is 0 Å². The van der Waals surface area contributed by atoms with Crippen LogP contribution in [0, 0.1) is 5.82 Å². The number of rotatable bonds is 4. The Morgan fingerprint density at radius 2 is 2.25 bits per heavy atom. The lowest BCUT2D eigenvalue weighted by molar-refractivity contribution is 0.101. The van der Waals surface area contributed by atoms with Crippen molar-refractivity contribution in [3.8, 4) is 0 Å². The van der Waals surface area contributed by atoms with Crippen LogP contribution in [0.2, 0.25) is 5.02 Å². The van der Waals surface area contributed by atoms with Gasteiger partial charge in [-0.2, -0.15) is 5.10 Å². The summed E-state index contributed by atoms with van der Waals surface area (Å²) in [6.07, 6.45) is 2.90. The monoisotopic (exact) mass is 412 g/mol. The number of hydrogen-bond donors (Lipinski definition) is 1. The molecule has 3 aromatic rings. The van der Waals surface area contributed by atoms with E-state index in [-0.39, 0.29) is 12.5 Å². The zero-order chi connectivity index (χ0) is 17.3. The lowest BCUT2D eigenvalue weighted by Crippen LogP contribution is -2.17. The zero-order valence-corrected chi connectivity index (χ0v) is 14.7. The lowest BCUT2D eigenvalue weighted by Gasteiger charge is -2.05. The van der Waals surface area contributed by atoms with E-state index < -0.39 is 11.7 Å². The molecule has 0 saturated heterocycles. The van der Waals surface area contributed by atoms with E-state index in [0.717, 1.165) is 0 Å². The van der Waals surface area contributed by atoms with Crippen LogP contribution in [0.15, 0.2) is 35.2 Å². The van der Waals surface area contributed by atoms with Gasteiger partial charge in [0.2, 0.25) is 5.95 Å². The standard InChI is InChI=1S/C14H11BrClFN6O/c1-22-12(9(15)5-19-22)13(24)20-14-18-7-23(21-14)6-8-10(16)3-2-4-11(8)17/h2-5,7H,6H2,1H3,(H,20,21,24). The van der Waals surface area contributed by atoms with E-state index >= 15 is 0 Å². The number of nitrogens with one attached hydrogen (secondary N) is 1. The predicted molar refractivity (Wildman–Crippen MR) is 89.4 cm³/mol. The van der Waals surface area contributed by atoms with Gasteiger partial charge in [0.1, 0.15) is 17.8 Å². The minimum atomic E-state index is -0.428. The Balaban J connectivity index is 1.76. The molecule has 2 heterocycles. The van der Waals surface area contributed by atoms with Gasteiger partial charge >= 0.3 is 0 Å². The van der Waals surface area contributed by atoms with Gasteiger partial charge in [-0.05, 0) is 28.1 Å². The maximum absolute atomic E-state index is 13.8. The molecule has 3 rings (SSSR count). The summed E-state index contributed by atoms with van der Waals surface area (Å²) in [5.41, 5.74) is 0.639. The summed E-state index contributed by atoms with van der Waals surface area (Å²) < 4.78 is 17.2. The summed E-state index contributed by atoms with van der Waals surface area (Å²) in [5.74, 6) is -0.744. The molecular formula is C14H11BrClFN6O. The molecule has 0 aliphatic rings. The second kappa shape index (κ2) is 6.70. The molecule has 0 radical (unpaired) electrons. The average molecular weight is 414 g/mol. The molecule has 24 heavy (non-hydrogen) atoms. The molecule has 10 heteroatoms. The first-order chi connectivity index (χ1) is 11.5. The number of carbonyl (C=O) groups is 1. The molecule has 0 unspecified atom stereocenters. The van der Waals surface area contributed by atoms with E-state index in [9.17, 15) is 9.18 Å². The van der Waals surface area contributed by atoms with Gasteiger partial charge in [0.15, 0.2) is 0 Å². The minimum absolute atomic E-state index is 0.0977. The molecule has 0 saturated carbocycles. The molecule has 1 aromatic carbocycles. The highest BCUT2D eigenvalue weighted by Gasteiger charge is 2.17. The van der Waals surface area contributed by atoms with Crippen LogP contribution < -0.4 is 5.32 Å². The number of amides is 1. The lowest BCUT2D eigenvalue weighted by atomic mass is 10.2. The van der Waals surface area contributed by atoms with Gasteiger partial charge in [-0.15, -0.1) is 5.10 Å². The highest BCUT2D eigenvalue weighted by Crippen LogP contribution is 2.20. The van der Waals surface area contributed by atoms with Crippen molar-refractivity contribution in [1.82, 2.24) is 24.5 Å². The highest BCUT2D eigenvalue weighted by molar-refractivity contribution is 9.10. The van der Waals surface area contributed by atoms with Crippen LogP contribution in [0.4, 0.5) is 10.3 Å². The van der Waals surface area contributed by atoms with E-state index in [2.05, 4.69) is 36.4 Å². The molecule has 0 aliphatic heterocycles. The first-order valence-corrected chi connectivity index (χ1v) is 7.94. The number of benzene rings is 1. The molecule has 1 amide bonds. The number of nitrogens with zero attached hydrogens (tertiary/aromatic N) is 5. The molecule has 7 nitrogen and oxygen atoms in total. The quantitative estimate of drug-likeness (QED) is 0.713. The largest absolute Gasteiger partial charge is 0.288 e. The molecule has 0 atom stereocenters. The number of hydrogen-bond acceptors (Lipinski definition) is 4. The summed E-state index contributed by atoms with van der Waals surface area (Å²) in [5, 5.41) is 10.9. The van der Waals surface area contributed by atoms with Crippen molar-refractivity contribution >= 4 is 39.4 Å². The zero-order valence-electron chi connectivity index (χ0n) is 12.4. The first-order valence-electron chi connectivity index (χ1n) is 6.77. The molecular weight excluding hydrogens is 403 g/mol. The van der Waals surface area contributed by atoms with Crippen LogP contribution in [0.3, 0.4) is 0 Å². The Morgan fingerprint density at radius 3 is 2.92 bits per heavy atom. The van der Waals surface area contributed by atoms with Gasteiger partial charge in [-0.1, -0.05) is 17.7 Å². The predicted octanol–water partition coefficient (Wildman–Crippen LogP) is 2.87. The third kappa shape index (κ3) is 3.31. The molecule has 0 aliphatic carbocycles. The van der Waals surface area contributed by atoms with Gasteiger partial charge in [0.25, 0.3) is 5.91 Å². The fourth-order valence-corrected chi connectivity index (χ4v) is 2.85. The fourth-order valence-electron chi connectivity index (χ4n) is 2.10. The van der Waals surface area contributed by atoms with Gasteiger partial charge in [0.05, 0.1) is 17.2 Å². The maximum Gasteiger partial charge on any atom is 0.277 e. The normalized spacial score (nSPS) is 10.8.